The summed E-state index contributed by atoms with van der Waals surface area (Å²) >= 11 is 0. The van der Waals surface area contributed by atoms with Gasteiger partial charge in [0, 0.05) is 18.8 Å². The molecule has 0 aliphatic carbocycles. The first-order chi connectivity index (χ1) is 12.9. The maximum atomic E-state index is 13.3. The first-order valence-corrected chi connectivity index (χ1v) is 10.5. The Morgan fingerprint density at radius 1 is 0.963 bits per heavy atom. The molecule has 142 valence electrons. The van der Waals surface area contributed by atoms with Crippen LogP contribution in [0.5, 0.6) is 0 Å². The fourth-order valence-electron chi connectivity index (χ4n) is 3.04. The van der Waals surface area contributed by atoms with Crippen LogP contribution in [0.2, 0.25) is 0 Å². The summed E-state index contributed by atoms with van der Waals surface area (Å²) in [5.74, 6) is 0. The van der Waals surface area contributed by atoms with Crippen LogP contribution in [0.1, 0.15) is 30.7 Å². The molecule has 0 aliphatic rings. The van der Waals surface area contributed by atoms with Crippen molar-refractivity contribution < 1.29 is 8.42 Å². The van der Waals surface area contributed by atoms with E-state index in [9.17, 15) is 8.42 Å². The molecule has 0 aliphatic heterocycles. The van der Waals surface area contributed by atoms with E-state index in [1.165, 1.54) is 4.31 Å². The summed E-state index contributed by atoms with van der Waals surface area (Å²) in [6.07, 6.45) is 1.64. The minimum absolute atomic E-state index is 0.160. The lowest BCUT2D eigenvalue weighted by Gasteiger charge is -2.25. The van der Waals surface area contributed by atoms with Gasteiger partial charge < -0.3 is 0 Å². The first kappa shape index (κ1) is 19.3. The Morgan fingerprint density at radius 3 is 2.07 bits per heavy atom. The number of nitrogens with zero attached hydrogens (tertiary/aromatic N) is 3. The van der Waals surface area contributed by atoms with Gasteiger partial charge in [0.05, 0.1) is 12.2 Å². The normalized spacial score (nSPS) is 12.0. The van der Waals surface area contributed by atoms with Crippen molar-refractivity contribution in [3.05, 3.63) is 83.7 Å². The summed E-state index contributed by atoms with van der Waals surface area (Å²) in [6.45, 7) is 6.41. The van der Waals surface area contributed by atoms with Gasteiger partial charge in [-0.15, -0.1) is 0 Å². The second kappa shape index (κ2) is 8.06. The van der Waals surface area contributed by atoms with E-state index >= 15 is 0 Å². The Morgan fingerprint density at radius 2 is 1.52 bits per heavy atom. The molecule has 0 saturated carbocycles. The van der Waals surface area contributed by atoms with E-state index in [0.29, 0.717) is 18.8 Å². The van der Waals surface area contributed by atoms with Gasteiger partial charge in [0.15, 0.2) is 0 Å². The molecule has 0 spiro atoms. The average molecular weight is 384 g/mol. The van der Waals surface area contributed by atoms with E-state index in [1.54, 1.807) is 17.8 Å². The van der Waals surface area contributed by atoms with Gasteiger partial charge >= 0.3 is 0 Å². The molecule has 3 aromatic rings. The maximum Gasteiger partial charge on any atom is 0.247 e. The minimum Gasteiger partial charge on any atom is -0.267 e. The summed E-state index contributed by atoms with van der Waals surface area (Å²) < 4.78 is 29.9. The molecule has 0 N–H and O–H groups in total. The van der Waals surface area contributed by atoms with Gasteiger partial charge in [-0.1, -0.05) is 60.7 Å². The lowest BCUT2D eigenvalue weighted by atomic mass is 10.2. The maximum absolute atomic E-state index is 13.3. The standard InChI is InChI=1S/C21H25N3O2S/c1-17(2)24(15-20-12-8-5-9-13-20)27(25,26)21-16-23(22-18(21)3)14-19-10-6-4-7-11-19/h4-13,16-17H,14-15H2,1-3H3. The molecule has 0 radical (unpaired) electrons. The molecular formula is C21H25N3O2S. The number of sulfonamides is 1. The van der Waals surface area contributed by atoms with Gasteiger partial charge in [-0.05, 0) is 31.9 Å². The number of hydrogen-bond acceptors (Lipinski definition) is 3. The largest absolute Gasteiger partial charge is 0.267 e. The molecule has 5 nitrogen and oxygen atoms in total. The monoisotopic (exact) mass is 383 g/mol. The van der Waals surface area contributed by atoms with Gasteiger partial charge in [0.1, 0.15) is 4.90 Å². The second-order valence-electron chi connectivity index (χ2n) is 6.89. The molecule has 3 rings (SSSR count). The SMILES string of the molecule is Cc1nn(Cc2ccccc2)cc1S(=O)(=O)N(Cc1ccccc1)C(C)C. The molecule has 2 aromatic carbocycles. The van der Waals surface area contributed by atoms with Crippen molar-refractivity contribution in [1.82, 2.24) is 14.1 Å². The zero-order valence-electron chi connectivity index (χ0n) is 15.9. The van der Waals surface area contributed by atoms with Gasteiger partial charge in [0.2, 0.25) is 10.0 Å². The molecule has 0 amide bonds. The van der Waals surface area contributed by atoms with Crippen LogP contribution in [0.15, 0.2) is 71.8 Å². The van der Waals surface area contributed by atoms with Crippen LogP contribution in [-0.2, 0) is 23.1 Å². The lowest BCUT2D eigenvalue weighted by molar-refractivity contribution is 0.348. The van der Waals surface area contributed by atoms with Crippen LogP contribution in [0.4, 0.5) is 0 Å². The zero-order chi connectivity index (χ0) is 19.4. The molecule has 1 aromatic heterocycles. The second-order valence-corrected chi connectivity index (χ2v) is 8.75. The Hall–Kier alpha value is -2.44. The number of rotatable bonds is 7. The first-order valence-electron chi connectivity index (χ1n) is 9.01. The van der Waals surface area contributed by atoms with E-state index in [1.807, 2.05) is 74.5 Å². The fourth-order valence-corrected chi connectivity index (χ4v) is 4.83. The molecule has 0 saturated heterocycles. The lowest BCUT2D eigenvalue weighted by Crippen LogP contribution is -2.36. The van der Waals surface area contributed by atoms with Crippen molar-refractivity contribution >= 4 is 10.0 Å². The molecular weight excluding hydrogens is 358 g/mol. The van der Waals surface area contributed by atoms with Crippen molar-refractivity contribution in [2.75, 3.05) is 0 Å². The molecule has 27 heavy (non-hydrogen) atoms. The predicted molar refractivity (Wildman–Crippen MR) is 107 cm³/mol. The molecule has 0 atom stereocenters. The molecule has 0 unspecified atom stereocenters. The fraction of sp³-hybridized carbons (Fsp3) is 0.286. The predicted octanol–water partition coefficient (Wildman–Crippen LogP) is 3.84. The Bertz CT molecular complexity index is 981. The minimum atomic E-state index is -3.65. The highest BCUT2D eigenvalue weighted by atomic mass is 32.2. The average Bonchev–Trinajstić information content (AvgIpc) is 3.02. The number of benzene rings is 2. The number of aryl methyl sites for hydroxylation is 1. The zero-order valence-corrected chi connectivity index (χ0v) is 16.7. The third kappa shape index (κ3) is 4.46. The Balaban J connectivity index is 1.90. The van der Waals surface area contributed by atoms with Crippen LogP contribution in [0, 0.1) is 6.92 Å². The van der Waals surface area contributed by atoms with Crippen molar-refractivity contribution in [3.8, 4) is 0 Å². The van der Waals surface area contributed by atoms with Crippen molar-refractivity contribution in [3.63, 3.8) is 0 Å². The van der Waals surface area contributed by atoms with Crippen LogP contribution >= 0.6 is 0 Å². The summed E-state index contributed by atoms with van der Waals surface area (Å²) in [5, 5.41) is 4.43. The van der Waals surface area contributed by atoms with Gasteiger partial charge in [-0.3, -0.25) is 4.68 Å². The topological polar surface area (TPSA) is 55.2 Å². The smallest absolute Gasteiger partial charge is 0.247 e. The Kier molecular flexibility index (Phi) is 5.77. The number of aromatic nitrogens is 2. The summed E-state index contributed by atoms with van der Waals surface area (Å²) in [6, 6.07) is 19.4. The van der Waals surface area contributed by atoms with Crippen LogP contribution in [0.3, 0.4) is 0 Å². The van der Waals surface area contributed by atoms with E-state index in [0.717, 1.165) is 11.1 Å². The summed E-state index contributed by atoms with van der Waals surface area (Å²) in [7, 11) is -3.65. The highest BCUT2D eigenvalue weighted by Crippen LogP contribution is 2.23. The van der Waals surface area contributed by atoms with Crippen molar-refractivity contribution in [2.45, 2.75) is 44.8 Å². The van der Waals surface area contributed by atoms with Crippen molar-refractivity contribution in [1.29, 1.82) is 0 Å². The third-order valence-electron chi connectivity index (χ3n) is 4.43. The molecule has 6 heteroatoms. The molecule has 0 bridgehead atoms. The van der Waals surface area contributed by atoms with E-state index in [2.05, 4.69) is 5.10 Å². The van der Waals surface area contributed by atoms with E-state index in [4.69, 9.17) is 0 Å². The third-order valence-corrected chi connectivity index (χ3v) is 6.56. The molecule has 0 fully saturated rings. The summed E-state index contributed by atoms with van der Waals surface area (Å²) in [4.78, 5) is 0.267. The van der Waals surface area contributed by atoms with Gasteiger partial charge in [-0.2, -0.15) is 9.40 Å². The highest BCUT2D eigenvalue weighted by molar-refractivity contribution is 7.89. The quantitative estimate of drug-likeness (QED) is 0.623. The number of hydrogen-bond donors (Lipinski definition) is 0. The van der Waals surface area contributed by atoms with E-state index in [-0.39, 0.29) is 10.9 Å². The summed E-state index contributed by atoms with van der Waals surface area (Å²) in [5.41, 5.74) is 2.56. The van der Waals surface area contributed by atoms with Gasteiger partial charge in [-0.25, -0.2) is 8.42 Å². The highest BCUT2D eigenvalue weighted by Gasteiger charge is 2.30. The van der Waals surface area contributed by atoms with Crippen LogP contribution in [-0.4, -0.2) is 28.5 Å². The van der Waals surface area contributed by atoms with Gasteiger partial charge in [0.25, 0.3) is 0 Å². The molecule has 1 heterocycles. The van der Waals surface area contributed by atoms with Crippen molar-refractivity contribution in [2.24, 2.45) is 0 Å². The Labute approximate surface area is 161 Å². The van der Waals surface area contributed by atoms with Crippen LogP contribution < -0.4 is 0 Å². The van der Waals surface area contributed by atoms with Crippen LogP contribution in [0.25, 0.3) is 0 Å². The van der Waals surface area contributed by atoms with E-state index < -0.39 is 10.0 Å².